The normalized spacial score (nSPS) is 11.4. The van der Waals surface area contributed by atoms with E-state index in [9.17, 15) is 13.0 Å². The molecule has 1 rings (SSSR count). The molecule has 0 radical (unpaired) electrons. The van der Waals surface area contributed by atoms with Crippen LogP contribution in [0.15, 0.2) is 17.0 Å². The molecule has 0 fully saturated rings. The summed E-state index contributed by atoms with van der Waals surface area (Å²) >= 11 is 3.59. The number of hydrogen-bond donors (Lipinski definition) is 0. The molecule has 0 N–H and O–H groups in total. The summed E-state index contributed by atoms with van der Waals surface area (Å²) in [5, 5.41) is 0. The summed E-state index contributed by atoms with van der Waals surface area (Å²) in [6.07, 6.45) is 0. The van der Waals surface area contributed by atoms with Gasteiger partial charge in [0, 0.05) is 7.14 Å². The molecular formula is C7H5I2O4S-. The fraction of sp³-hybridized carbons (Fsp3) is 0.143. The van der Waals surface area contributed by atoms with Crippen LogP contribution >= 0.6 is 45.2 Å². The highest BCUT2D eigenvalue weighted by atomic mass is 127. The summed E-state index contributed by atoms with van der Waals surface area (Å²) in [6, 6.07) is 3.01. The van der Waals surface area contributed by atoms with Gasteiger partial charge in [0.2, 0.25) is 0 Å². The van der Waals surface area contributed by atoms with Crippen LogP contribution in [0, 0.1) is 7.14 Å². The first-order valence-electron chi connectivity index (χ1n) is 3.35. The lowest BCUT2D eigenvalue weighted by Crippen LogP contribution is -2.04. The molecule has 0 heterocycles. The van der Waals surface area contributed by atoms with E-state index < -0.39 is 10.1 Å². The van der Waals surface area contributed by atoms with Crippen molar-refractivity contribution in [3.63, 3.8) is 0 Å². The van der Waals surface area contributed by atoms with Gasteiger partial charge in [-0.05, 0) is 57.3 Å². The molecule has 7 heteroatoms. The first kappa shape index (κ1) is 12.5. The third-order valence-electron chi connectivity index (χ3n) is 1.46. The van der Waals surface area contributed by atoms with Crippen molar-refractivity contribution in [3.8, 4) is 5.75 Å². The van der Waals surface area contributed by atoms with E-state index in [4.69, 9.17) is 4.74 Å². The van der Waals surface area contributed by atoms with Crippen LogP contribution in [0.3, 0.4) is 0 Å². The lowest BCUT2D eigenvalue weighted by Gasteiger charge is -2.12. The van der Waals surface area contributed by atoms with Gasteiger partial charge in [0.15, 0.2) is 0 Å². The fourth-order valence-corrected chi connectivity index (χ4v) is 4.82. The van der Waals surface area contributed by atoms with Gasteiger partial charge in [-0.25, -0.2) is 8.42 Å². The second-order valence-corrected chi connectivity index (χ2v) is 6.02. The molecule has 0 spiro atoms. The number of rotatable bonds is 2. The Hall–Kier alpha value is 0.390. The fourth-order valence-electron chi connectivity index (χ4n) is 0.893. The molecule has 0 saturated heterocycles. The smallest absolute Gasteiger partial charge is 0.126 e. The third-order valence-corrected chi connectivity index (χ3v) is 4.83. The standard InChI is InChI=1S/C7H6I2O4S/c1-13-4-2-5(8)7(6(9)3-4)14(10,11)12/h2-3H,1H3,(H,10,11,12)/p-1. The Kier molecular flexibility index (Phi) is 4.00. The summed E-state index contributed by atoms with van der Waals surface area (Å²) in [5.74, 6) is 0.534. The van der Waals surface area contributed by atoms with Gasteiger partial charge in [-0.2, -0.15) is 0 Å². The number of benzene rings is 1. The summed E-state index contributed by atoms with van der Waals surface area (Å²) in [6.45, 7) is 0. The van der Waals surface area contributed by atoms with Crippen molar-refractivity contribution in [3.05, 3.63) is 19.3 Å². The van der Waals surface area contributed by atoms with E-state index in [2.05, 4.69) is 0 Å². The molecule has 0 aromatic heterocycles. The molecule has 0 aliphatic heterocycles. The quantitative estimate of drug-likeness (QED) is 0.521. The Morgan fingerprint density at radius 2 is 1.71 bits per heavy atom. The van der Waals surface area contributed by atoms with Gasteiger partial charge >= 0.3 is 0 Å². The zero-order valence-electron chi connectivity index (χ0n) is 6.95. The molecule has 0 unspecified atom stereocenters. The maximum Gasteiger partial charge on any atom is 0.126 e. The van der Waals surface area contributed by atoms with Crippen LogP contribution in [0.4, 0.5) is 0 Å². The first-order valence-corrected chi connectivity index (χ1v) is 6.91. The largest absolute Gasteiger partial charge is 0.744 e. The maximum absolute atomic E-state index is 10.9. The second-order valence-electron chi connectivity index (χ2n) is 2.37. The average Bonchev–Trinajstić information content (AvgIpc) is 1.99. The van der Waals surface area contributed by atoms with E-state index in [-0.39, 0.29) is 4.90 Å². The van der Waals surface area contributed by atoms with Crippen LogP contribution in [0.1, 0.15) is 0 Å². The number of hydrogen-bond acceptors (Lipinski definition) is 4. The van der Waals surface area contributed by atoms with Gasteiger partial charge in [0.05, 0.1) is 12.0 Å². The van der Waals surface area contributed by atoms with Crippen LogP contribution in [0.25, 0.3) is 0 Å². The van der Waals surface area contributed by atoms with Crippen LogP contribution in [0.5, 0.6) is 5.75 Å². The summed E-state index contributed by atoms with van der Waals surface area (Å²) in [7, 11) is -2.93. The lowest BCUT2D eigenvalue weighted by atomic mass is 10.3. The van der Waals surface area contributed by atoms with Gasteiger partial charge in [-0.3, -0.25) is 0 Å². The van der Waals surface area contributed by atoms with Crippen molar-refractivity contribution in [2.24, 2.45) is 0 Å². The van der Waals surface area contributed by atoms with E-state index in [1.165, 1.54) is 19.2 Å². The van der Waals surface area contributed by atoms with E-state index in [1.54, 1.807) is 45.2 Å². The van der Waals surface area contributed by atoms with E-state index >= 15 is 0 Å². The van der Waals surface area contributed by atoms with E-state index in [0.29, 0.717) is 12.9 Å². The van der Waals surface area contributed by atoms with Crippen LogP contribution < -0.4 is 4.74 Å². The van der Waals surface area contributed by atoms with Gasteiger partial charge in [0.1, 0.15) is 15.9 Å². The second kappa shape index (κ2) is 4.49. The van der Waals surface area contributed by atoms with E-state index in [0.717, 1.165) is 0 Å². The maximum atomic E-state index is 10.9. The minimum atomic E-state index is -4.41. The van der Waals surface area contributed by atoms with E-state index in [1.807, 2.05) is 0 Å². The lowest BCUT2D eigenvalue weighted by molar-refractivity contribution is 0.413. The van der Waals surface area contributed by atoms with Crippen molar-refractivity contribution in [2.75, 3.05) is 7.11 Å². The molecule has 0 atom stereocenters. The summed E-state index contributed by atoms with van der Waals surface area (Å²) in [5.41, 5.74) is 0. The SMILES string of the molecule is COc1cc(I)c(S(=O)(=O)[O-])c(I)c1. The Balaban J connectivity index is 3.48. The topological polar surface area (TPSA) is 66.4 Å². The van der Waals surface area contributed by atoms with Crippen molar-refractivity contribution in [1.82, 2.24) is 0 Å². The monoisotopic (exact) mass is 439 g/mol. The third kappa shape index (κ3) is 2.70. The molecule has 14 heavy (non-hydrogen) atoms. The highest BCUT2D eigenvalue weighted by molar-refractivity contribution is 14.1. The molecule has 0 amide bonds. The van der Waals surface area contributed by atoms with Gasteiger partial charge < -0.3 is 9.29 Å². The predicted molar refractivity (Wildman–Crippen MR) is 66.4 cm³/mol. The summed E-state index contributed by atoms with van der Waals surface area (Å²) in [4.78, 5) is -0.181. The van der Waals surface area contributed by atoms with Gasteiger partial charge in [-0.1, -0.05) is 0 Å². The molecule has 1 aromatic rings. The minimum Gasteiger partial charge on any atom is -0.744 e. The molecule has 0 aliphatic rings. The molecule has 0 aliphatic carbocycles. The zero-order valence-corrected chi connectivity index (χ0v) is 12.1. The molecular weight excluding hydrogens is 434 g/mol. The average molecular weight is 439 g/mol. The predicted octanol–water partition coefficient (Wildman–Crippen LogP) is 1.81. The first-order chi connectivity index (χ1) is 6.36. The van der Waals surface area contributed by atoms with Crippen LogP contribution in [-0.2, 0) is 10.1 Å². The molecule has 4 nitrogen and oxygen atoms in total. The van der Waals surface area contributed by atoms with Crippen LogP contribution in [0.2, 0.25) is 0 Å². The van der Waals surface area contributed by atoms with Crippen LogP contribution in [-0.4, -0.2) is 20.1 Å². The van der Waals surface area contributed by atoms with Crippen molar-refractivity contribution >= 4 is 55.3 Å². The van der Waals surface area contributed by atoms with Crippen molar-refractivity contribution < 1.29 is 17.7 Å². The molecule has 0 bridgehead atoms. The van der Waals surface area contributed by atoms with Gasteiger partial charge in [0.25, 0.3) is 0 Å². The number of ether oxygens (including phenoxy) is 1. The minimum absolute atomic E-state index is 0.181. The highest BCUT2D eigenvalue weighted by Gasteiger charge is 2.13. The Labute approximate surface area is 109 Å². The number of halogens is 2. The zero-order chi connectivity index (χ0) is 10.9. The highest BCUT2D eigenvalue weighted by Crippen LogP contribution is 2.28. The van der Waals surface area contributed by atoms with Crippen molar-refractivity contribution in [2.45, 2.75) is 4.90 Å². The molecule has 1 aromatic carbocycles. The Bertz CT molecular complexity index is 432. The number of methoxy groups -OCH3 is 1. The summed E-state index contributed by atoms with van der Waals surface area (Å²) < 4.78 is 38.3. The van der Waals surface area contributed by atoms with Gasteiger partial charge in [-0.15, -0.1) is 0 Å². The Morgan fingerprint density at radius 1 is 1.29 bits per heavy atom. The Morgan fingerprint density at radius 3 is 2.00 bits per heavy atom. The molecule has 78 valence electrons. The van der Waals surface area contributed by atoms with Crippen molar-refractivity contribution in [1.29, 1.82) is 0 Å². The molecule has 0 saturated carbocycles.